The Morgan fingerprint density at radius 3 is 2.36 bits per heavy atom. The van der Waals surface area contributed by atoms with E-state index in [-0.39, 0.29) is 28.1 Å². The molecule has 0 saturated carbocycles. The molecule has 39 heavy (non-hydrogen) atoms. The number of hydrogen-bond donors (Lipinski definition) is 5. The van der Waals surface area contributed by atoms with E-state index in [1.165, 1.54) is 12.1 Å². The number of carbonyl (C=O) groups excluding carboxylic acids is 4. The van der Waals surface area contributed by atoms with Crippen LogP contribution in [0.4, 0.5) is 13.2 Å². The summed E-state index contributed by atoms with van der Waals surface area (Å²) < 4.78 is 44.2. The number of halogens is 3. The normalized spacial score (nSPS) is 20.1. The largest absolute Gasteiger partial charge is 0.507 e. The highest BCUT2D eigenvalue weighted by atomic mass is 19.4. The van der Waals surface area contributed by atoms with Gasteiger partial charge in [-0.1, -0.05) is 12.1 Å². The molecule has 2 atom stereocenters. The van der Waals surface area contributed by atoms with Gasteiger partial charge < -0.3 is 35.8 Å². The number of amides is 1. The predicted molar refractivity (Wildman–Crippen MR) is 124 cm³/mol. The van der Waals surface area contributed by atoms with Gasteiger partial charge in [0.15, 0.2) is 18.3 Å². The Labute approximate surface area is 218 Å². The van der Waals surface area contributed by atoms with Gasteiger partial charge in [-0.25, -0.2) is 0 Å². The first kappa shape index (κ1) is 28.0. The smallest absolute Gasteiger partial charge is 0.471 e. The van der Waals surface area contributed by atoms with Crippen molar-refractivity contribution in [2.45, 2.75) is 37.6 Å². The van der Waals surface area contributed by atoms with Crippen LogP contribution in [0.2, 0.25) is 0 Å². The first-order valence-electron chi connectivity index (χ1n) is 11.6. The lowest BCUT2D eigenvalue weighted by molar-refractivity contribution is -0.188. The van der Waals surface area contributed by atoms with Crippen LogP contribution in [0.1, 0.15) is 62.4 Å². The topological polar surface area (TPSA) is 188 Å². The Kier molecular flexibility index (Phi) is 6.91. The zero-order valence-electron chi connectivity index (χ0n) is 20.3. The number of Topliss-reactive ketones (excluding diaryl/α,β-unsaturated/α-hetero) is 1. The lowest BCUT2D eigenvalue weighted by Crippen LogP contribution is -2.45. The first-order chi connectivity index (χ1) is 18.1. The van der Waals surface area contributed by atoms with Gasteiger partial charge >= 0.3 is 12.1 Å². The van der Waals surface area contributed by atoms with E-state index in [1.54, 1.807) is 0 Å². The van der Waals surface area contributed by atoms with Crippen LogP contribution in [-0.4, -0.2) is 80.2 Å². The van der Waals surface area contributed by atoms with Crippen LogP contribution in [0.15, 0.2) is 18.2 Å². The van der Waals surface area contributed by atoms with E-state index in [0.717, 1.165) is 13.0 Å². The average molecular weight is 552 g/mol. The minimum Gasteiger partial charge on any atom is -0.507 e. The van der Waals surface area contributed by atoms with E-state index < -0.39 is 101 Å². The van der Waals surface area contributed by atoms with E-state index in [0.29, 0.717) is 0 Å². The average Bonchev–Trinajstić information content (AvgIpc) is 2.85. The molecule has 2 aliphatic carbocycles. The summed E-state index contributed by atoms with van der Waals surface area (Å²) in [6, 6.07) is 3.59. The molecule has 0 saturated heterocycles. The molecule has 208 valence electrons. The molecule has 6 N–H and O–H groups in total. The maximum atomic E-state index is 13.6. The van der Waals surface area contributed by atoms with Gasteiger partial charge in [-0.15, -0.1) is 0 Å². The third kappa shape index (κ3) is 4.49. The van der Waals surface area contributed by atoms with Gasteiger partial charge in [0.1, 0.15) is 22.8 Å². The zero-order chi connectivity index (χ0) is 29.0. The number of nitrogens with two attached hydrogens (primary N) is 1. The molecule has 1 amide bonds. The first-order valence-corrected chi connectivity index (χ1v) is 11.6. The number of rotatable bonds is 6. The number of phenols is 2. The van der Waals surface area contributed by atoms with Gasteiger partial charge in [0.2, 0.25) is 5.78 Å². The summed E-state index contributed by atoms with van der Waals surface area (Å²) in [5, 5.41) is 43.3. The van der Waals surface area contributed by atoms with Crippen LogP contribution >= 0.6 is 0 Å². The SMILES string of the molecule is CC(=O)C1(O)Cc2c(O)c3c(c(O)c2C(O)C1)C(=O)c1c(OCN(CCN)C(=O)C(F)(F)F)cccc1C3=O. The Balaban J connectivity index is 1.80. The number of fused-ring (bicyclic) bond motifs is 3. The van der Waals surface area contributed by atoms with E-state index >= 15 is 0 Å². The van der Waals surface area contributed by atoms with Gasteiger partial charge in [-0.3, -0.25) is 19.2 Å². The molecule has 2 aromatic rings. The second-order valence-electron chi connectivity index (χ2n) is 9.29. The van der Waals surface area contributed by atoms with Gasteiger partial charge in [-0.2, -0.15) is 13.2 Å². The van der Waals surface area contributed by atoms with Crippen LogP contribution in [0.25, 0.3) is 0 Å². The fourth-order valence-electron chi connectivity index (χ4n) is 4.87. The number of aliphatic hydroxyl groups excluding tert-OH is 1. The summed E-state index contributed by atoms with van der Waals surface area (Å²) >= 11 is 0. The molecule has 0 bridgehead atoms. The van der Waals surface area contributed by atoms with Crippen molar-refractivity contribution in [1.82, 2.24) is 4.90 Å². The van der Waals surface area contributed by atoms with Gasteiger partial charge in [0, 0.05) is 42.6 Å². The molecule has 0 heterocycles. The van der Waals surface area contributed by atoms with E-state index in [2.05, 4.69) is 0 Å². The molecular formula is C25H23F3N2O9. The number of aromatic hydroxyl groups is 2. The van der Waals surface area contributed by atoms with Crippen molar-refractivity contribution in [3.8, 4) is 17.2 Å². The third-order valence-corrected chi connectivity index (χ3v) is 6.84. The monoisotopic (exact) mass is 552 g/mol. The van der Waals surface area contributed by atoms with E-state index in [9.17, 15) is 52.8 Å². The Bertz CT molecular complexity index is 1420. The van der Waals surface area contributed by atoms with Crippen molar-refractivity contribution in [3.05, 3.63) is 51.6 Å². The number of ketones is 3. The maximum absolute atomic E-state index is 13.6. The number of nitrogens with zero attached hydrogens (tertiary/aromatic N) is 1. The second kappa shape index (κ2) is 9.63. The predicted octanol–water partition coefficient (Wildman–Crippen LogP) is 0.859. The fraction of sp³-hybridized carbons (Fsp3) is 0.360. The number of benzene rings is 2. The summed E-state index contributed by atoms with van der Waals surface area (Å²) in [6.07, 6.45) is -8.04. The maximum Gasteiger partial charge on any atom is 0.471 e. The Morgan fingerprint density at radius 2 is 1.77 bits per heavy atom. The molecule has 11 nitrogen and oxygen atoms in total. The van der Waals surface area contributed by atoms with E-state index in [1.807, 2.05) is 0 Å². The highest BCUT2D eigenvalue weighted by molar-refractivity contribution is 6.31. The second-order valence-corrected chi connectivity index (χ2v) is 9.29. The molecule has 0 spiro atoms. The zero-order valence-corrected chi connectivity index (χ0v) is 20.3. The van der Waals surface area contributed by atoms with Crippen LogP contribution in [0, 0.1) is 0 Å². The molecule has 2 aliphatic rings. The fourth-order valence-corrected chi connectivity index (χ4v) is 4.87. The number of phenolic OH excluding ortho intramolecular Hbond substituents is 2. The number of hydrogen-bond acceptors (Lipinski definition) is 10. The minimum atomic E-state index is -5.23. The lowest BCUT2D eigenvalue weighted by atomic mass is 9.72. The lowest BCUT2D eigenvalue weighted by Gasteiger charge is -2.36. The number of carbonyl (C=O) groups is 4. The summed E-state index contributed by atoms with van der Waals surface area (Å²) in [5.41, 5.74) is 0.422. The summed E-state index contributed by atoms with van der Waals surface area (Å²) in [5.74, 6) is -7.08. The number of aliphatic hydroxyl groups is 2. The van der Waals surface area contributed by atoms with Crippen LogP contribution in [0.3, 0.4) is 0 Å². The molecule has 0 radical (unpaired) electrons. The van der Waals surface area contributed by atoms with E-state index in [4.69, 9.17) is 10.5 Å². The number of ether oxygens (including phenoxy) is 1. The highest BCUT2D eigenvalue weighted by Crippen LogP contribution is 2.51. The molecular weight excluding hydrogens is 529 g/mol. The van der Waals surface area contributed by atoms with Crippen LogP contribution in [-0.2, 0) is 16.0 Å². The third-order valence-electron chi connectivity index (χ3n) is 6.84. The Hall–Kier alpha value is -4.01. The van der Waals surface area contributed by atoms with Crippen molar-refractivity contribution in [2.24, 2.45) is 5.73 Å². The highest BCUT2D eigenvalue weighted by Gasteiger charge is 2.47. The van der Waals surface area contributed by atoms with Crippen LogP contribution < -0.4 is 10.5 Å². The minimum absolute atomic E-state index is 0.259. The van der Waals surface area contributed by atoms with Crippen molar-refractivity contribution in [2.75, 3.05) is 19.8 Å². The van der Waals surface area contributed by atoms with Crippen molar-refractivity contribution >= 4 is 23.3 Å². The molecule has 0 aliphatic heterocycles. The molecule has 0 aromatic heterocycles. The standard InChI is InChI=1S/C25H23F3N2O9/c1-10(31)24(38)7-12-15(13(32)8-24)21(35)18-17(20(12)34)19(33)11-3-2-4-14(16(11)22(18)36)39-9-30(6-5-29)23(37)25(26,27)28/h2-4,13,32,34-35,38H,5-9,29H2,1H3. The van der Waals surface area contributed by atoms with Crippen molar-refractivity contribution in [1.29, 1.82) is 0 Å². The molecule has 4 rings (SSSR count). The van der Waals surface area contributed by atoms with Crippen LogP contribution in [0.5, 0.6) is 17.2 Å². The Morgan fingerprint density at radius 1 is 1.13 bits per heavy atom. The van der Waals surface area contributed by atoms with Gasteiger partial charge in [0.05, 0.1) is 22.8 Å². The van der Waals surface area contributed by atoms with Gasteiger partial charge in [-0.05, 0) is 13.0 Å². The molecule has 2 unspecified atom stereocenters. The summed E-state index contributed by atoms with van der Waals surface area (Å²) in [7, 11) is 0. The summed E-state index contributed by atoms with van der Waals surface area (Å²) in [6.45, 7) is -0.781. The summed E-state index contributed by atoms with van der Waals surface area (Å²) in [4.78, 5) is 50.9. The molecule has 0 fully saturated rings. The quantitative estimate of drug-likeness (QED) is 0.217. The van der Waals surface area contributed by atoms with Crippen molar-refractivity contribution < 1.29 is 57.5 Å². The van der Waals surface area contributed by atoms with Gasteiger partial charge in [0.25, 0.3) is 0 Å². The number of alkyl halides is 3. The van der Waals surface area contributed by atoms with Crippen molar-refractivity contribution in [3.63, 3.8) is 0 Å². The molecule has 2 aromatic carbocycles. The molecule has 14 heteroatoms.